The second-order valence-electron chi connectivity index (χ2n) is 5.54. The van der Waals surface area contributed by atoms with E-state index in [2.05, 4.69) is 10.1 Å². The Hall–Kier alpha value is -3.32. The number of imide groups is 1. The van der Waals surface area contributed by atoms with Crippen LogP contribution in [-0.2, 0) is 14.3 Å². The molecule has 0 unspecified atom stereocenters. The van der Waals surface area contributed by atoms with Crippen molar-refractivity contribution >= 4 is 41.3 Å². The van der Waals surface area contributed by atoms with Crippen molar-refractivity contribution in [3.63, 3.8) is 0 Å². The van der Waals surface area contributed by atoms with Crippen LogP contribution in [0.25, 0.3) is 6.08 Å². The number of urea groups is 1. The zero-order chi connectivity index (χ0) is 19.4. The molecule has 2 aromatic rings. The van der Waals surface area contributed by atoms with E-state index in [9.17, 15) is 14.4 Å². The van der Waals surface area contributed by atoms with Crippen molar-refractivity contribution in [3.05, 3.63) is 64.8 Å². The second-order valence-corrected chi connectivity index (χ2v) is 5.98. The fraction of sp³-hybridized carbons (Fsp3) is 0.105. The SMILES string of the molecule is COC(=O)COc1ccc(/C=C2\NC(=O)N(c3cccc(Cl)c3)C2=O)cc1. The zero-order valence-corrected chi connectivity index (χ0v) is 15.0. The fourth-order valence-corrected chi connectivity index (χ4v) is 2.60. The predicted octanol–water partition coefficient (Wildman–Crippen LogP) is 2.99. The summed E-state index contributed by atoms with van der Waals surface area (Å²) in [6.45, 7) is -0.194. The van der Waals surface area contributed by atoms with E-state index < -0.39 is 17.9 Å². The first kappa shape index (κ1) is 18.5. The van der Waals surface area contributed by atoms with Gasteiger partial charge in [-0.1, -0.05) is 29.8 Å². The maximum Gasteiger partial charge on any atom is 0.343 e. The van der Waals surface area contributed by atoms with Gasteiger partial charge in [0, 0.05) is 5.02 Å². The number of ether oxygens (including phenoxy) is 2. The number of methoxy groups -OCH3 is 1. The highest BCUT2D eigenvalue weighted by Gasteiger charge is 2.34. The number of amides is 3. The van der Waals surface area contributed by atoms with E-state index in [0.29, 0.717) is 22.0 Å². The van der Waals surface area contributed by atoms with Gasteiger partial charge in [-0.05, 0) is 42.0 Å². The van der Waals surface area contributed by atoms with E-state index in [-0.39, 0.29) is 12.3 Å². The highest BCUT2D eigenvalue weighted by atomic mass is 35.5. The van der Waals surface area contributed by atoms with Crippen LogP contribution >= 0.6 is 11.6 Å². The molecule has 7 nitrogen and oxygen atoms in total. The predicted molar refractivity (Wildman–Crippen MR) is 99.4 cm³/mol. The number of hydrogen-bond acceptors (Lipinski definition) is 5. The van der Waals surface area contributed by atoms with Crippen molar-refractivity contribution < 1.29 is 23.9 Å². The average Bonchev–Trinajstić information content (AvgIpc) is 2.94. The number of carbonyl (C=O) groups is 3. The monoisotopic (exact) mass is 386 g/mol. The molecule has 27 heavy (non-hydrogen) atoms. The molecule has 0 bridgehead atoms. The van der Waals surface area contributed by atoms with Gasteiger partial charge in [0.15, 0.2) is 6.61 Å². The van der Waals surface area contributed by atoms with E-state index in [1.807, 2.05) is 0 Å². The Morgan fingerprint density at radius 3 is 2.59 bits per heavy atom. The molecule has 0 aliphatic carbocycles. The van der Waals surface area contributed by atoms with Gasteiger partial charge in [0.05, 0.1) is 12.8 Å². The largest absolute Gasteiger partial charge is 0.482 e. The summed E-state index contributed by atoms with van der Waals surface area (Å²) in [6.07, 6.45) is 1.55. The summed E-state index contributed by atoms with van der Waals surface area (Å²) in [5.41, 5.74) is 1.21. The van der Waals surface area contributed by atoms with Crippen LogP contribution < -0.4 is 15.0 Å². The van der Waals surface area contributed by atoms with Gasteiger partial charge in [-0.15, -0.1) is 0 Å². The number of nitrogens with one attached hydrogen (secondary N) is 1. The summed E-state index contributed by atoms with van der Waals surface area (Å²) in [5.74, 6) is -0.486. The molecule has 3 amide bonds. The Labute approximate surface area is 160 Å². The van der Waals surface area contributed by atoms with Crippen molar-refractivity contribution in [2.24, 2.45) is 0 Å². The summed E-state index contributed by atoms with van der Waals surface area (Å²) in [5, 5.41) is 2.97. The van der Waals surface area contributed by atoms with E-state index in [1.165, 1.54) is 13.2 Å². The van der Waals surface area contributed by atoms with E-state index in [4.69, 9.17) is 16.3 Å². The zero-order valence-electron chi connectivity index (χ0n) is 14.3. The maximum absolute atomic E-state index is 12.6. The molecule has 0 atom stereocenters. The van der Waals surface area contributed by atoms with Crippen LogP contribution in [0.4, 0.5) is 10.5 Å². The third-order valence-electron chi connectivity index (χ3n) is 3.72. The van der Waals surface area contributed by atoms with Crippen LogP contribution in [0.15, 0.2) is 54.2 Å². The summed E-state index contributed by atoms with van der Waals surface area (Å²) in [6, 6.07) is 12.6. The topological polar surface area (TPSA) is 84.9 Å². The van der Waals surface area contributed by atoms with Crippen LogP contribution in [0.5, 0.6) is 5.75 Å². The van der Waals surface area contributed by atoms with Crippen LogP contribution in [-0.4, -0.2) is 31.6 Å². The quantitative estimate of drug-likeness (QED) is 0.485. The van der Waals surface area contributed by atoms with Crippen molar-refractivity contribution in [2.75, 3.05) is 18.6 Å². The Kier molecular flexibility index (Phi) is 5.42. The van der Waals surface area contributed by atoms with Crippen molar-refractivity contribution in [3.8, 4) is 5.75 Å². The standard InChI is InChI=1S/C19H15ClN2O5/c1-26-17(23)11-27-15-7-5-12(6-8-15)9-16-18(24)22(19(25)21-16)14-4-2-3-13(20)10-14/h2-10H,11H2,1H3,(H,21,25)/b16-9-. The molecule has 1 aliphatic heterocycles. The van der Waals surface area contributed by atoms with Crippen molar-refractivity contribution in [2.45, 2.75) is 0 Å². The van der Waals surface area contributed by atoms with Gasteiger partial charge in [-0.2, -0.15) is 0 Å². The minimum absolute atomic E-state index is 0.142. The fourth-order valence-electron chi connectivity index (χ4n) is 2.41. The van der Waals surface area contributed by atoms with Crippen molar-refractivity contribution in [1.29, 1.82) is 0 Å². The minimum Gasteiger partial charge on any atom is -0.482 e. The third kappa shape index (κ3) is 4.27. The molecule has 1 fully saturated rings. The number of halogens is 1. The molecule has 2 aromatic carbocycles. The van der Waals surface area contributed by atoms with Crippen molar-refractivity contribution in [1.82, 2.24) is 5.32 Å². The molecule has 0 radical (unpaired) electrons. The molecule has 1 saturated heterocycles. The summed E-state index contributed by atoms with van der Waals surface area (Å²) in [4.78, 5) is 36.8. The molecule has 0 spiro atoms. The summed E-state index contributed by atoms with van der Waals surface area (Å²) < 4.78 is 9.75. The highest BCUT2D eigenvalue weighted by Crippen LogP contribution is 2.25. The van der Waals surface area contributed by atoms with Crippen LogP contribution in [0.1, 0.15) is 5.56 Å². The van der Waals surface area contributed by atoms with Crippen LogP contribution in [0, 0.1) is 0 Å². The number of hydrogen-bond donors (Lipinski definition) is 1. The van der Waals surface area contributed by atoms with Crippen LogP contribution in [0.2, 0.25) is 5.02 Å². The molecule has 3 rings (SSSR count). The van der Waals surface area contributed by atoms with Gasteiger partial charge in [-0.25, -0.2) is 14.5 Å². The van der Waals surface area contributed by atoms with E-state index >= 15 is 0 Å². The maximum atomic E-state index is 12.6. The molecular formula is C19H15ClN2O5. The number of rotatable bonds is 5. The normalized spacial score (nSPS) is 15.0. The smallest absolute Gasteiger partial charge is 0.343 e. The number of anilines is 1. The molecule has 1 heterocycles. The van der Waals surface area contributed by atoms with Gasteiger partial charge in [0.1, 0.15) is 11.4 Å². The molecule has 138 valence electrons. The summed E-state index contributed by atoms with van der Waals surface area (Å²) in [7, 11) is 1.28. The summed E-state index contributed by atoms with van der Waals surface area (Å²) >= 11 is 5.93. The van der Waals surface area contributed by atoms with E-state index in [1.54, 1.807) is 48.5 Å². The van der Waals surface area contributed by atoms with Gasteiger partial charge in [-0.3, -0.25) is 4.79 Å². The van der Waals surface area contributed by atoms with Crippen LogP contribution in [0.3, 0.4) is 0 Å². The molecule has 1 aliphatic rings. The van der Waals surface area contributed by atoms with Gasteiger partial charge in [0.2, 0.25) is 0 Å². The van der Waals surface area contributed by atoms with Gasteiger partial charge in [0.25, 0.3) is 5.91 Å². The minimum atomic E-state index is -0.549. The lowest BCUT2D eigenvalue weighted by molar-refractivity contribution is -0.142. The lowest BCUT2D eigenvalue weighted by Crippen LogP contribution is -2.30. The number of nitrogens with zero attached hydrogens (tertiary/aromatic N) is 1. The first-order chi connectivity index (χ1) is 13.0. The molecule has 1 N–H and O–H groups in total. The number of carbonyl (C=O) groups excluding carboxylic acids is 3. The third-order valence-corrected chi connectivity index (χ3v) is 3.96. The Morgan fingerprint density at radius 2 is 1.93 bits per heavy atom. The average molecular weight is 387 g/mol. The van der Waals surface area contributed by atoms with Gasteiger partial charge < -0.3 is 14.8 Å². The highest BCUT2D eigenvalue weighted by molar-refractivity contribution is 6.32. The Bertz CT molecular complexity index is 924. The second kappa shape index (κ2) is 7.92. The lowest BCUT2D eigenvalue weighted by atomic mass is 10.2. The molecular weight excluding hydrogens is 372 g/mol. The van der Waals surface area contributed by atoms with E-state index in [0.717, 1.165) is 4.90 Å². The first-order valence-electron chi connectivity index (χ1n) is 7.90. The van der Waals surface area contributed by atoms with Gasteiger partial charge >= 0.3 is 12.0 Å². The molecule has 8 heteroatoms. The Balaban J connectivity index is 1.75. The first-order valence-corrected chi connectivity index (χ1v) is 8.28. The molecule has 0 aromatic heterocycles. The molecule has 0 saturated carbocycles. The number of benzene rings is 2. The Morgan fingerprint density at radius 1 is 1.19 bits per heavy atom. The number of esters is 1. The lowest BCUT2D eigenvalue weighted by Gasteiger charge is -2.11.